The van der Waals surface area contributed by atoms with E-state index in [0.717, 1.165) is 0 Å². The van der Waals surface area contributed by atoms with Gasteiger partial charge in [-0.3, -0.25) is 0 Å². The molecule has 9 aromatic rings. The molecule has 0 aliphatic heterocycles. The van der Waals surface area contributed by atoms with E-state index < -0.39 is 0 Å². The molecule has 0 bridgehead atoms. The molecule has 57 heavy (non-hydrogen) atoms. The van der Waals surface area contributed by atoms with E-state index in [1.807, 2.05) is 0 Å². The van der Waals surface area contributed by atoms with Gasteiger partial charge in [0.1, 0.15) is 0 Å². The van der Waals surface area contributed by atoms with E-state index >= 15 is 0 Å². The Labute approximate surface area is 334 Å². The molecule has 3 aliphatic carbocycles. The van der Waals surface area contributed by atoms with Crippen molar-refractivity contribution in [3.05, 3.63) is 239 Å². The van der Waals surface area contributed by atoms with Gasteiger partial charge in [-0.25, -0.2) is 0 Å². The minimum absolute atomic E-state index is 0.0687. The Morgan fingerprint density at radius 1 is 0.333 bits per heavy atom. The van der Waals surface area contributed by atoms with Gasteiger partial charge in [0, 0.05) is 17.3 Å². The first-order chi connectivity index (χ1) is 28.0. The minimum Gasteiger partial charge on any atom is -0.0622 e. The maximum absolute atomic E-state index is 2.51. The fraction of sp³-hybridized carbons (Fsp3) is 0.0877. The summed E-state index contributed by atoms with van der Waals surface area (Å²) in [5.74, 6) is 0.337. The second-order valence-corrected chi connectivity index (χ2v) is 16.7. The van der Waals surface area contributed by atoms with Gasteiger partial charge in [0.25, 0.3) is 0 Å². The average molecular weight is 725 g/mol. The number of rotatable bonds is 4. The highest BCUT2D eigenvalue weighted by Crippen LogP contribution is 2.59. The molecule has 0 nitrogen and oxygen atoms in total. The second-order valence-electron chi connectivity index (χ2n) is 16.7. The molecule has 268 valence electrons. The van der Waals surface area contributed by atoms with E-state index in [1.165, 1.54) is 111 Å². The molecule has 3 aliphatic rings. The second kappa shape index (κ2) is 12.1. The lowest BCUT2D eigenvalue weighted by molar-refractivity contribution is 0.660. The summed E-state index contributed by atoms with van der Waals surface area (Å²) in [5, 5.41) is 2.62. The zero-order valence-corrected chi connectivity index (χ0v) is 32.1. The summed E-state index contributed by atoms with van der Waals surface area (Å²) in [6.07, 6.45) is 0. The highest BCUT2D eigenvalue weighted by atomic mass is 14.4. The van der Waals surface area contributed by atoms with Crippen molar-refractivity contribution >= 4 is 10.8 Å². The Bertz CT molecular complexity index is 3100. The van der Waals surface area contributed by atoms with Gasteiger partial charge in [-0.15, -0.1) is 0 Å². The van der Waals surface area contributed by atoms with Gasteiger partial charge in [-0.2, -0.15) is 0 Å². The molecule has 2 atom stereocenters. The number of hydrogen-bond acceptors (Lipinski definition) is 0. The Morgan fingerprint density at radius 3 is 1.79 bits per heavy atom. The molecule has 0 aromatic heterocycles. The van der Waals surface area contributed by atoms with Crippen molar-refractivity contribution in [1.29, 1.82) is 0 Å². The Kier molecular flexibility index (Phi) is 6.91. The van der Waals surface area contributed by atoms with Gasteiger partial charge in [0.2, 0.25) is 0 Å². The molecule has 0 heterocycles. The lowest BCUT2D eigenvalue weighted by atomic mass is 9.81. The van der Waals surface area contributed by atoms with Crippen LogP contribution >= 0.6 is 0 Å². The molecule has 2 unspecified atom stereocenters. The Hall–Kier alpha value is -6.76. The number of benzene rings is 9. The summed E-state index contributed by atoms with van der Waals surface area (Å²) in [6, 6.07) is 73.2. The van der Waals surface area contributed by atoms with Gasteiger partial charge >= 0.3 is 0 Å². The van der Waals surface area contributed by atoms with Crippen molar-refractivity contribution in [3.8, 4) is 55.6 Å². The molecule has 0 amide bonds. The third-order valence-corrected chi connectivity index (χ3v) is 13.4. The van der Waals surface area contributed by atoms with Crippen LogP contribution in [0.2, 0.25) is 0 Å². The predicted octanol–water partition coefficient (Wildman–Crippen LogP) is 14.8. The average Bonchev–Trinajstić information content (AvgIpc) is 3.86. The predicted molar refractivity (Wildman–Crippen MR) is 238 cm³/mol. The summed E-state index contributed by atoms with van der Waals surface area (Å²) in [6.45, 7) is 4.79. The maximum atomic E-state index is 2.51. The fourth-order valence-corrected chi connectivity index (χ4v) is 10.8. The van der Waals surface area contributed by atoms with Crippen LogP contribution in [0.1, 0.15) is 70.2 Å². The summed E-state index contributed by atoms with van der Waals surface area (Å²) < 4.78 is 0. The van der Waals surface area contributed by atoms with E-state index in [1.54, 1.807) is 0 Å². The summed E-state index contributed by atoms with van der Waals surface area (Å²) in [5.41, 5.74) is 24.3. The number of fused-ring (bicyclic) bond motifs is 11. The SMILES string of the molecule is CC1(C)c2ccccc2-c2c1ccc1c2-c2cc(-c3ccc4c(c3)-c3ccccc3C4c3cccc(-c4ccccc4)c3)ccc2C1c1cccc2ccccc12. The van der Waals surface area contributed by atoms with Crippen LogP contribution in [0.25, 0.3) is 66.4 Å². The van der Waals surface area contributed by atoms with Crippen LogP contribution in [0, 0.1) is 0 Å². The van der Waals surface area contributed by atoms with E-state index in [9.17, 15) is 0 Å². The fourth-order valence-electron chi connectivity index (χ4n) is 10.8. The topological polar surface area (TPSA) is 0 Å². The zero-order chi connectivity index (χ0) is 37.8. The lowest BCUT2D eigenvalue weighted by Crippen LogP contribution is -2.15. The molecule has 9 aromatic carbocycles. The first-order valence-corrected chi connectivity index (χ1v) is 20.3. The normalized spacial score (nSPS) is 16.4. The molecular weight excluding hydrogens is 685 g/mol. The first kappa shape index (κ1) is 32.5. The largest absolute Gasteiger partial charge is 0.0622 e. The van der Waals surface area contributed by atoms with Gasteiger partial charge < -0.3 is 0 Å². The van der Waals surface area contributed by atoms with Crippen molar-refractivity contribution in [1.82, 2.24) is 0 Å². The van der Waals surface area contributed by atoms with Gasteiger partial charge in [-0.05, 0) is 123 Å². The molecule has 0 saturated heterocycles. The third-order valence-electron chi connectivity index (χ3n) is 13.4. The lowest BCUT2D eigenvalue weighted by Gasteiger charge is -2.22. The molecule has 0 spiro atoms. The zero-order valence-electron chi connectivity index (χ0n) is 32.1. The van der Waals surface area contributed by atoms with Gasteiger partial charge in [0.05, 0.1) is 0 Å². The van der Waals surface area contributed by atoms with Crippen LogP contribution in [0.5, 0.6) is 0 Å². The van der Waals surface area contributed by atoms with Gasteiger partial charge in [-0.1, -0.05) is 196 Å². The third kappa shape index (κ3) is 4.68. The van der Waals surface area contributed by atoms with Crippen LogP contribution in [0.4, 0.5) is 0 Å². The van der Waals surface area contributed by atoms with Crippen molar-refractivity contribution in [2.24, 2.45) is 0 Å². The van der Waals surface area contributed by atoms with Crippen LogP contribution in [0.3, 0.4) is 0 Å². The number of hydrogen-bond donors (Lipinski definition) is 0. The van der Waals surface area contributed by atoms with E-state index in [0.29, 0.717) is 0 Å². The molecule has 0 N–H and O–H groups in total. The van der Waals surface area contributed by atoms with Crippen molar-refractivity contribution < 1.29 is 0 Å². The highest BCUT2D eigenvalue weighted by Gasteiger charge is 2.42. The summed E-state index contributed by atoms with van der Waals surface area (Å²) >= 11 is 0. The van der Waals surface area contributed by atoms with Crippen LogP contribution in [-0.2, 0) is 5.41 Å². The van der Waals surface area contributed by atoms with E-state index in [-0.39, 0.29) is 17.3 Å². The Morgan fingerprint density at radius 2 is 0.930 bits per heavy atom. The minimum atomic E-state index is -0.0687. The maximum Gasteiger partial charge on any atom is 0.0358 e. The monoisotopic (exact) mass is 724 g/mol. The van der Waals surface area contributed by atoms with Gasteiger partial charge in [0.15, 0.2) is 0 Å². The standard InChI is InChI=1S/C57H40/c1-57(2)51-25-11-10-23-47(51)56-52(57)31-30-48-54(43-24-13-17-36-16-6-7-20-41(36)43)46-29-27-39(34-50(46)55(48)56)38-26-28-45-49(33-38)42-21-8-9-22-44(42)53(45)40-19-12-18-37(32-40)35-14-4-3-5-15-35/h3-34,53-54H,1-2H3. The smallest absolute Gasteiger partial charge is 0.0358 e. The molecule has 0 heteroatoms. The van der Waals surface area contributed by atoms with Crippen molar-refractivity contribution in [2.75, 3.05) is 0 Å². The van der Waals surface area contributed by atoms with Crippen LogP contribution in [-0.4, -0.2) is 0 Å². The molecule has 0 saturated carbocycles. The molecule has 12 rings (SSSR count). The highest BCUT2D eigenvalue weighted by molar-refractivity contribution is 6.00. The molecular formula is C57H40. The van der Waals surface area contributed by atoms with Crippen LogP contribution in [0.15, 0.2) is 194 Å². The van der Waals surface area contributed by atoms with Crippen LogP contribution < -0.4 is 0 Å². The quantitative estimate of drug-likeness (QED) is 0.170. The summed E-state index contributed by atoms with van der Waals surface area (Å²) in [4.78, 5) is 0. The Balaban J connectivity index is 1.04. The van der Waals surface area contributed by atoms with E-state index in [4.69, 9.17) is 0 Å². The van der Waals surface area contributed by atoms with E-state index in [2.05, 4.69) is 208 Å². The van der Waals surface area contributed by atoms with Crippen molar-refractivity contribution in [3.63, 3.8) is 0 Å². The molecule has 0 fully saturated rings. The first-order valence-electron chi connectivity index (χ1n) is 20.3. The van der Waals surface area contributed by atoms with Crippen molar-refractivity contribution in [2.45, 2.75) is 31.1 Å². The molecule has 0 radical (unpaired) electrons. The summed E-state index contributed by atoms with van der Waals surface area (Å²) in [7, 11) is 0.